The molecule has 1 heterocycles. The topological polar surface area (TPSA) is 94.1 Å². The van der Waals surface area contributed by atoms with Crippen molar-refractivity contribution in [3.63, 3.8) is 0 Å². The number of nitrogens with one attached hydrogen (secondary N) is 2. The first kappa shape index (κ1) is 31.6. The number of urea groups is 1. The minimum atomic E-state index is -4.39. The molecule has 42 heavy (non-hydrogen) atoms. The number of carbonyl (C=O) groups excluding carboxylic acids is 2. The number of hydrogen-bond donors (Lipinski definition) is 3. The Hall–Kier alpha value is -3.31. The van der Waals surface area contributed by atoms with Gasteiger partial charge in [0, 0.05) is 31.6 Å². The number of ether oxygens (including phenoxy) is 1. The van der Waals surface area contributed by atoms with Gasteiger partial charge in [0.05, 0.1) is 29.5 Å². The van der Waals surface area contributed by atoms with Crippen molar-refractivity contribution in [1.29, 1.82) is 0 Å². The van der Waals surface area contributed by atoms with Crippen LogP contribution in [0.1, 0.15) is 67.4 Å². The molecule has 0 bridgehead atoms. The highest BCUT2D eigenvalue weighted by Crippen LogP contribution is 2.35. The lowest BCUT2D eigenvalue weighted by Gasteiger charge is -2.38. The molecule has 0 saturated heterocycles. The number of para-hydroxylation sites is 1. The van der Waals surface area contributed by atoms with Gasteiger partial charge >= 0.3 is 12.2 Å². The van der Waals surface area contributed by atoms with Crippen LogP contribution < -0.4 is 15.4 Å². The summed E-state index contributed by atoms with van der Waals surface area (Å²) < 4.78 is 45.5. The van der Waals surface area contributed by atoms with Gasteiger partial charge in [-0.2, -0.15) is 13.2 Å². The van der Waals surface area contributed by atoms with Crippen molar-refractivity contribution >= 4 is 17.6 Å². The Morgan fingerprint density at radius 3 is 2.48 bits per heavy atom. The number of rotatable bonds is 8. The molecule has 3 amide bonds. The molecule has 0 aromatic heterocycles. The van der Waals surface area contributed by atoms with Crippen LogP contribution in [-0.4, -0.2) is 71.8 Å². The molecule has 0 unspecified atom stereocenters. The van der Waals surface area contributed by atoms with Crippen LogP contribution in [0.4, 0.5) is 23.7 Å². The molecular formula is C31H41F3N4O4. The Morgan fingerprint density at radius 1 is 1.14 bits per heavy atom. The van der Waals surface area contributed by atoms with Crippen molar-refractivity contribution < 1.29 is 32.6 Å². The summed E-state index contributed by atoms with van der Waals surface area (Å²) in [6.07, 6.45) is 0.325. The quantitative estimate of drug-likeness (QED) is 0.377. The molecule has 1 saturated carbocycles. The van der Waals surface area contributed by atoms with Crippen molar-refractivity contribution in [2.45, 2.75) is 76.9 Å². The van der Waals surface area contributed by atoms with Crippen LogP contribution >= 0.6 is 0 Å². The van der Waals surface area contributed by atoms with Gasteiger partial charge in [-0.05, 0) is 56.6 Å². The summed E-state index contributed by atoms with van der Waals surface area (Å²) in [4.78, 5) is 30.2. The van der Waals surface area contributed by atoms with Crippen molar-refractivity contribution in [2.24, 2.45) is 5.92 Å². The van der Waals surface area contributed by atoms with E-state index in [0.717, 1.165) is 49.8 Å². The summed E-state index contributed by atoms with van der Waals surface area (Å²) in [6.45, 7) is 4.64. The summed E-state index contributed by atoms with van der Waals surface area (Å²) >= 11 is 0. The largest absolute Gasteiger partial charge is 0.486 e. The zero-order chi connectivity index (χ0) is 30.4. The van der Waals surface area contributed by atoms with Crippen molar-refractivity contribution in [3.05, 3.63) is 59.2 Å². The molecule has 2 aromatic rings. The number of fused-ring (bicyclic) bond motifs is 1. The molecule has 1 aliphatic carbocycles. The minimum absolute atomic E-state index is 0.0966. The molecule has 230 valence electrons. The zero-order valence-corrected chi connectivity index (χ0v) is 24.4. The molecule has 4 rings (SSSR count). The molecule has 11 heteroatoms. The second-order valence-corrected chi connectivity index (χ2v) is 11.6. The number of aliphatic hydroxyl groups is 1. The SMILES string of the molecule is C[C@H](CO)N1C[C@H](C)[C@@H](CN(C)Cc2ccc(C(F)(F)F)cc2)Oc2c(NC(=O)NC3CCCCC3)cccc2C1=O. The van der Waals surface area contributed by atoms with Crippen molar-refractivity contribution in [3.8, 4) is 5.75 Å². The third-order valence-electron chi connectivity index (χ3n) is 8.11. The third kappa shape index (κ3) is 7.95. The predicted molar refractivity (Wildman–Crippen MR) is 154 cm³/mol. The number of likely N-dealkylation sites (N-methyl/N-ethyl adjacent to an activating group) is 1. The molecule has 2 aromatic carbocycles. The monoisotopic (exact) mass is 590 g/mol. The molecule has 1 aliphatic heterocycles. The van der Waals surface area contributed by atoms with Gasteiger partial charge in [-0.25, -0.2) is 4.79 Å². The summed E-state index contributed by atoms with van der Waals surface area (Å²) in [5.74, 6) is -0.211. The van der Waals surface area contributed by atoms with Gasteiger partial charge in [-0.1, -0.05) is 44.4 Å². The van der Waals surface area contributed by atoms with Crippen LogP contribution in [0, 0.1) is 5.92 Å². The summed E-state index contributed by atoms with van der Waals surface area (Å²) in [5, 5.41) is 15.8. The van der Waals surface area contributed by atoms with E-state index in [1.165, 1.54) is 12.1 Å². The Labute approximate surface area is 245 Å². The summed E-state index contributed by atoms with van der Waals surface area (Å²) in [6, 6.07) is 9.41. The number of alkyl halides is 3. The highest BCUT2D eigenvalue weighted by Gasteiger charge is 2.35. The van der Waals surface area contributed by atoms with Crippen LogP contribution in [0.25, 0.3) is 0 Å². The molecular weight excluding hydrogens is 549 g/mol. The van der Waals surface area contributed by atoms with E-state index in [-0.39, 0.29) is 41.8 Å². The highest BCUT2D eigenvalue weighted by molar-refractivity contribution is 6.01. The van der Waals surface area contributed by atoms with Crippen LogP contribution in [0.5, 0.6) is 5.75 Å². The summed E-state index contributed by atoms with van der Waals surface area (Å²) in [5.41, 5.74) is 0.679. The lowest BCUT2D eigenvalue weighted by atomic mass is 9.96. The fraction of sp³-hybridized carbons (Fsp3) is 0.548. The second kappa shape index (κ2) is 13.8. The Balaban J connectivity index is 1.57. The minimum Gasteiger partial charge on any atom is -0.486 e. The van der Waals surface area contributed by atoms with Gasteiger partial charge in [-0.3, -0.25) is 9.69 Å². The van der Waals surface area contributed by atoms with Crippen molar-refractivity contribution in [1.82, 2.24) is 15.1 Å². The Morgan fingerprint density at radius 2 is 1.83 bits per heavy atom. The molecule has 1 fully saturated rings. The van der Waals surface area contributed by atoms with Gasteiger partial charge < -0.3 is 25.4 Å². The highest BCUT2D eigenvalue weighted by atomic mass is 19.4. The normalized spacial score (nSPS) is 20.8. The van der Waals surface area contributed by atoms with Crippen LogP contribution in [0.2, 0.25) is 0 Å². The van der Waals surface area contributed by atoms with Gasteiger partial charge in [0.2, 0.25) is 0 Å². The molecule has 0 radical (unpaired) electrons. The number of amides is 3. The lowest BCUT2D eigenvalue weighted by Crippen LogP contribution is -2.50. The molecule has 0 spiro atoms. The number of nitrogens with zero attached hydrogens (tertiary/aromatic N) is 2. The molecule has 3 atom stereocenters. The van der Waals surface area contributed by atoms with E-state index in [1.807, 2.05) is 18.9 Å². The number of benzene rings is 2. The average Bonchev–Trinajstić information content (AvgIpc) is 2.95. The Kier molecular flexibility index (Phi) is 10.4. The standard InChI is InChI=1S/C31H41F3N4O4/c1-20-16-38(21(2)19-39)29(40)25-10-7-11-26(36-30(41)35-24-8-5-4-6-9-24)28(25)42-27(20)18-37(3)17-22-12-14-23(15-13-22)31(32,33)34/h7,10-15,20-21,24,27,39H,4-6,8-9,16-19H2,1-3H3,(H2,35,36,41)/t20-,21+,27+/m0/s1. The van der Waals surface area contributed by atoms with Crippen LogP contribution in [-0.2, 0) is 12.7 Å². The number of anilines is 1. The van der Waals surface area contributed by atoms with E-state index in [9.17, 15) is 27.9 Å². The van der Waals surface area contributed by atoms with E-state index in [2.05, 4.69) is 10.6 Å². The fourth-order valence-corrected chi connectivity index (χ4v) is 5.63. The van der Waals surface area contributed by atoms with Crippen molar-refractivity contribution in [2.75, 3.05) is 32.1 Å². The van der Waals surface area contributed by atoms with E-state index >= 15 is 0 Å². The number of carbonyl (C=O) groups is 2. The third-order valence-corrected chi connectivity index (χ3v) is 8.11. The predicted octanol–water partition coefficient (Wildman–Crippen LogP) is 5.51. The maximum atomic E-state index is 13.7. The number of halogens is 3. The van der Waals surface area contributed by atoms with Gasteiger partial charge in [-0.15, -0.1) is 0 Å². The number of aliphatic hydroxyl groups excluding tert-OH is 1. The van der Waals surface area contributed by atoms with E-state index in [0.29, 0.717) is 25.3 Å². The molecule has 3 N–H and O–H groups in total. The molecule has 8 nitrogen and oxygen atoms in total. The van der Waals surface area contributed by atoms with E-state index in [4.69, 9.17) is 4.74 Å². The van der Waals surface area contributed by atoms with Gasteiger partial charge in [0.1, 0.15) is 6.10 Å². The second-order valence-electron chi connectivity index (χ2n) is 11.6. The smallest absolute Gasteiger partial charge is 0.416 e. The maximum Gasteiger partial charge on any atom is 0.416 e. The first-order chi connectivity index (χ1) is 20.0. The lowest BCUT2D eigenvalue weighted by molar-refractivity contribution is -0.137. The first-order valence-corrected chi connectivity index (χ1v) is 14.6. The van der Waals surface area contributed by atoms with E-state index < -0.39 is 23.9 Å². The Bertz CT molecular complexity index is 1220. The zero-order valence-electron chi connectivity index (χ0n) is 24.4. The van der Waals surface area contributed by atoms with E-state index in [1.54, 1.807) is 30.0 Å². The van der Waals surface area contributed by atoms with Crippen LogP contribution in [0.3, 0.4) is 0 Å². The average molecular weight is 591 g/mol. The van der Waals surface area contributed by atoms with Crippen LogP contribution in [0.15, 0.2) is 42.5 Å². The molecule has 2 aliphatic rings. The number of hydrogen-bond acceptors (Lipinski definition) is 5. The first-order valence-electron chi connectivity index (χ1n) is 14.6. The summed E-state index contributed by atoms with van der Waals surface area (Å²) in [7, 11) is 1.86. The fourth-order valence-electron chi connectivity index (χ4n) is 5.63. The van der Waals surface area contributed by atoms with Gasteiger partial charge in [0.15, 0.2) is 5.75 Å². The maximum absolute atomic E-state index is 13.7. The van der Waals surface area contributed by atoms with Gasteiger partial charge in [0.25, 0.3) is 5.91 Å².